The van der Waals surface area contributed by atoms with E-state index in [2.05, 4.69) is 0 Å². The van der Waals surface area contributed by atoms with Gasteiger partial charge in [0.25, 0.3) is 0 Å². The summed E-state index contributed by atoms with van der Waals surface area (Å²) in [5.41, 5.74) is 6.35. The van der Waals surface area contributed by atoms with Gasteiger partial charge in [-0.15, -0.1) is 0 Å². The van der Waals surface area contributed by atoms with Gasteiger partial charge in [0.1, 0.15) is 0 Å². The molecule has 1 aromatic carbocycles. The van der Waals surface area contributed by atoms with Crippen molar-refractivity contribution in [1.29, 1.82) is 0 Å². The van der Waals surface area contributed by atoms with Crippen molar-refractivity contribution >= 4 is 11.6 Å². The molecule has 4 heteroatoms. The maximum Gasteiger partial charge on any atom is 0.162 e. The standard InChI is InChI=1S/C12H18ClNO2/c1-12(2,7-14)6-8-4-9(13)5-10(16-3)11(8)15/h4-5,15H,6-7,14H2,1-3H3. The second kappa shape index (κ2) is 4.93. The SMILES string of the molecule is COc1cc(Cl)cc(CC(C)(C)CN)c1O. The van der Waals surface area contributed by atoms with Gasteiger partial charge >= 0.3 is 0 Å². The molecule has 0 radical (unpaired) electrons. The third-order valence-corrected chi connectivity index (χ3v) is 2.78. The molecular formula is C12H18ClNO2. The highest BCUT2D eigenvalue weighted by molar-refractivity contribution is 6.30. The van der Waals surface area contributed by atoms with Crippen molar-refractivity contribution < 1.29 is 9.84 Å². The van der Waals surface area contributed by atoms with Crippen molar-refractivity contribution in [3.8, 4) is 11.5 Å². The average molecular weight is 244 g/mol. The lowest BCUT2D eigenvalue weighted by molar-refractivity contribution is 0.348. The van der Waals surface area contributed by atoms with Crippen LogP contribution in [-0.2, 0) is 6.42 Å². The second-order valence-electron chi connectivity index (χ2n) is 4.66. The van der Waals surface area contributed by atoms with Gasteiger partial charge in [0.2, 0.25) is 0 Å². The zero-order valence-electron chi connectivity index (χ0n) is 9.88. The molecule has 0 unspecified atom stereocenters. The number of halogens is 1. The van der Waals surface area contributed by atoms with Crippen molar-refractivity contribution in [2.24, 2.45) is 11.1 Å². The fourth-order valence-electron chi connectivity index (χ4n) is 1.51. The van der Waals surface area contributed by atoms with Crippen LogP contribution in [0.2, 0.25) is 5.02 Å². The smallest absolute Gasteiger partial charge is 0.162 e. The van der Waals surface area contributed by atoms with Crippen LogP contribution in [0.4, 0.5) is 0 Å². The number of aromatic hydroxyl groups is 1. The highest BCUT2D eigenvalue weighted by atomic mass is 35.5. The molecule has 0 amide bonds. The Morgan fingerprint density at radius 2 is 2.06 bits per heavy atom. The van der Waals surface area contributed by atoms with E-state index in [4.69, 9.17) is 22.1 Å². The molecule has 0 aliphatic heterocycles. The quantitative estimate of drug-likeness (QED) is 0.855. The Morgan fingerprint density at radius 1 is 1.44 bits per heavy atom. The number of ether oxygens (including phenoxy) is 1. The summed E-state index contributed by atoms with van der Waals surface area (Å²) in [6.07, 6.45) is 0.659. The third-order valence-electron chi connectivity index (χ3n) is 2.56. The van der Waals surface area contributed by atoms with Gasteiger partial charge in [0, 0.05) is 11.1 Å². The summed E-state index contributed by atoms with van der Waals surface area (Å²) in [4.78, 5) is 0. The Morgan fingerprint density at radius 3 is 2.56 bits per heavy atom. The first-order valence-electron chi connectivity index (χ1n) is 5.15. The molecule has 90 valence electrons. The number of hydrogen-bond donors (Lipinski definition) is 2. The van der Waals surface area contributed by atoms with Crippen molar-refractivity contribution in [2.45, 2.75) is 20.3 Å². The molecule has 0 atom stereocenters. The topological polar surface area (TPSA) is 55.5 Å². The summed E-state index contributed by atoms with van der Waals surface area (Å²) in [5, 5.41) is 10.5. The van der Waals surface area contributed by atoms with E-state index in [1.807, 2.05) is 13.8 Å². The average Bonchev–Trinajstić information content (AvgIpc) is 2.22. The molecule has 1 aromatic rings. The molecule has 0 aliphatic rings. The molecule has 0 saturated heterocycles. The number of hydrogen-bond acceptors (Lipinski definition) is 3. The van der Waals surface area contributed by atoms with Gasteiger partial charge < -0.3 is 15.6 Å². The van der Waals surface area contributed by atoms with Gasteiger partial charge in [0.05, 0.1) is 7.11 Å². The van der Waals surface area contributed by atoms with Crippen LogP contribution in [0, 0.1) is 5.41 Å². The maximum atomic E-state index is 9.95. The number of phenolic OH excluding ortho intramolecular Hbond substituents is 1. The first-order chi connectivity index (χ1) is 7.39. The van der Waals surface area contributed by atoms with Gasteiger partial charge in [-0.05, 0) is 30.0 Å². The largest absolute Gasteiger partial charge is 0.504 e. The molecule has 0 bridgehead atoms. The van der Waals surface area contributed by atoms with Crippen LogP contribution in [0.15, 0.2) is 12.1 Å². The number of rotatable bonds is 4. The molecule has 1 rings (SSSR count). The van der Waals surface area contributed by atoms with Crippen molar-refractivity contribution in [1.82, 2.24) is 0 Å². The molecule has 3 N–H and O–H groups in total. The van der Waals surface area contributed by atoms with E-state index in [1.54, 1.807) is 12.1 Å². The normalized spacial score (nSPS) is 11.6. The Hall–Kier alpha value is -0.930. The molecule has 3 nitrogen and oxygen atoms in total. The number of nitrogens with two attached hydrogens (primary N) is 1. The second-order valence-corrected chi connectivity index (χ2v) is 5.10. The summed E-state index contributed by atoms with van der Waals surface area (Å²) < 4.78 is 5.05. The number of methoxy groups -OCH3 is 1. The van der Waals surface area contributed by atoms with Crippen LogP contribution in [0.1, 0.15) is 19.4 Å². The Labute approximate surface area is 101 Å². The van der Waals surface area contributed by atoms with Gasteiger partial charge in [-0.2, -0.15) is 0 Å². The van der Waals surface area contributed by atoms with Crippen LogP contribution < -0.4 is 10.5 Å². The molecule has 0 aromatic heterocycles. The maximum absolute atomic E-state index is 9.95. The number of phenols is 1. The van der Waals surface area contributed by atoms with Crippen molar-refractivity contribution in [3.05, 3.63) is 22.7 Å². The predicted molar refractivity (Wildman–Crippen MR) is 66.2 cm³/mol. The van der Waals surface area contributed by atoms with Gasteiger partial charge in [0.15, 0.2) is 11.5 Å². The fourth-order valence-corrected chi connectivity index (χ4v) is 1.74. The van der Waals surface area contributed by atoms with Gasteiger partial charge in [-0.1, -0.05) is 25.4 Å². The minimum Gasteiger partial charge on any atom is -0.504 e. The van der Waals surface area contributed by atoms with E-state index >= 15 is 0 Å². The first-order valence-corrected chi connectivity index (χ1v) is 5.53. The lowest BCUT2D eigenvalue weighted by Gasteiger charge is -2.23. The van der Waals surface area contributed by atoms with E-state index < -0.39 is 0 Å². The molecule has 16 heavy (non-hydrogen) atoms. The van der Waals surface area contributed by atoms with E-state index in [-0.39, 0.29) is 11.2 Å². The predicted octanol–water partition coefficient (Wildman–Crippen LogP) is 2.58. The Balaban J connectivity index is 3.09. The number of benzene rings is 1. The van der Waals surface area contributed by atoms with E-state index in [1.165, 1.54) is 7.11 Å². The van der Waals surface area contributed by atoms with Crippen LogP contribution in [-0.4, -0.2) is 18.8 Å². The first kappa shape index (κ1) is 13.1. The minimum atomic E-state index is -0.0762. The minimum absolute atomic E-state index is 0.0762. The summed E-state index contributed by atoms with van der Waals surface area (Å²) in [5.74, 6) is 0.545. The third kappa shape index (κ3) is 3.03. The van der Waals surface area contributed by atoms with Crippen LogP contribution in [0.25, 0.3) is 0 Å². The molecule has 0 spiro atoms. The highest BCUT2D eigenvalue weighted by Crippen LogP contribution is 2.36. The van der Waals surface area contributed by atoms with Crippen molar-refractivity contribution in [3.63, 3.8) is 0 Å². The van der Waals surface area contributed by atoms with Crippen LogP contribution >= 0.6 is 11.6 Å². The van der Waals surface area contributed by atoms with E-state index in [9.17, 15) is 5.11 Å². The monoisotopic (exact) mass is 243 g/mol. The zero-order chi connectivity index (χ0) is 12.3. The summed E-state index contributed by atoms with van der Waals surface area (Å²) >= 11 is 5.95. The highest BCUT2D eigenvalue weighted by Gasteiger charge is 2.20. The van der Waals surface area contributed by atoms with E-state index in [0.29, 0.717) is 23.7 Å². The fraction of sp³-hybridized carbons (Fsp3) is 0.500. The summed E-state index contributed by atoms with van der Waals surface area (Å²) in [7, 11) is 1.50. The molecule has 0 saturated carbocycles. The molecule has 0 heterocycles. The lowest BCUT2D eigenvalue weighted by Crippen LogP contribution is -2.25. The molecule has 0 fully saturated rings. The van der Waals surface area contributed by atoms with Gasteiger partial charge in [-0.25, -0.2) is 0 Å². The summed E-state index contributed by atoms with van der Waals surface area (Å²) in [6.45, 7) is 4.63. The molecular weight excluding hydrogens is 226 g/mol. The van der Waals surface area contributed by atoms with Crippen molar-refractivity contribution in [2.75, 3.05) is 13.7 Å². The van der Waals surface area contributed by atoms with Gasteiger partial charge in [-0.3, -0.25) is 0 Å². The summed E-state index contributed by atoms with van der Waals surface area (Å²) in [6, 6.07) is 3.34. The Bertz CT molecular complexity index is 378. The zero-order valence-corrected chi connectivity index (χ0v) is 10.6. The Kier molecular flexibility index (Phi) is 4.05. The van der Waals surface area contributed by atoms with Crippen LogP contribution in [0.5, 0.6) is 11.5 Å². The lowest BCUT2D eigenvalue weighted by atomic mass is 9.85. The van der Waals surface area contributed by atoms with Crippen LogP contribution in [0.3, 0.4) is 0 Å². The molecule has 0 aliphatic carbocycles. The van der Waals surface area contributed by atoms with E-state index in [0.717, 1.165) is 5.56 Å².